The van der Waals surface area contributed by atoms with Crippen molar-refractivity contribution in [3.63, 3.8) is 0 Å². The van der Waals surface area contributed by atoms with Crippen LogP contribution in [0.4, 0.5) is 0 Å². The van der Waals surface area contributed by atoms with Gasteiger partial charge in [-0.25, -0.2) is 0 Å². The fourth-order valence-electron chi connectivity index (χ4n) is 2.29. The molecule has 14 heavy (non-hydrogen) atoms. The first-order valence-electron chi connectivity index (χ1n) is 5.75. The molecule has 0 N–H and O–H groups in total. The second-order valence-electron chi connectivity index (χ2n) is 6.25. The highest BCUT2D eigenvalue weighted by Crippen LogP contribution is 2.38. The Morgan fingerprint density at radius 2 is 1.43 bits per heavy atom. The number of hydrogen-bond acceptors (Lipinski definition) is 1. The number of hydrogen-bond donors (Lipinski definition) is 0. The minimum atomic E-state index is 0.00394. The summed E-state index contributed by atoms with van der Waals surface area (Å²) in [5.74, 6) is 0.695. The van der Waals surface area contributed by atoms with Crippen molar-refractivity contribution in [2.45, 2.75) is 58.3 Å². The maximum absolute atomic E-state index is 6.15. The van der Waals surface area contributed by atoms with Crippen molar-refractivity contribution in [3.05, 3.63) is 0 Å². The van der Waals surface area contributed by atoms with Crippen molar-refractivity contribution < 1.29 is 0 Å². The monoisotopic (exact) mass is 193 g/mol. The van der Waals surface area contributed by atoms with E-state index < -0.39 is 0 Å². The highest BCUT2D eigenvalue weighted by Gasteiger charge is 2.31. The van der Waals surface area contributed by atoms with E-state index in [0.29, 0.717) is 11.5 Å². The number of piperidine rings is 1. The first-order valence-corrected chi connectivity index (χ1v) is 5.75. The molecule has 0 aliphatic carbocycles. The van der Waals surface area contributed by atoms with Crippen LogP contribution in [0.1, 0.15) is 47.5 Å². The van der Waals surface area contributed by atoms with E-state index in [9.17, 15) is 0 Å². The van der Waals surface area contributed by atoms with Crippen molar-refractivity contribution in [2.24, 2.45) is 5.92 Å². The zero-order valence-electron chi connectivity index (χ0n) is 10.4. The molecule has 2 heteroatoms. The fraction of sp³-hybridized carbons (Fsp3) is 1.00. The van der Waals surface area contributed by atoms with Crippen molar-refractivity contribution in [1.29, 1.82) is 0 Å². The fourth-order valence-corrected chi connectivity index (χ4v) is 2.29. The summed E-state index contributed by atoms with van der Waals surface area (Å²) >= 11 is 0. The molecule has 1 aliphatic rings. The van der Waals surface area contributed by atoms with Gasteiger partial charge in [0.25, 0.3) is 0 Å². The summed E-state index contributed by atoms with van der Waals surface area (Å²) in [7, 11) is 6.15. The average Bonchev–Trinajstić information content (AvgIpc) is 2.01. The predicted octanol–water partition coefficient (Wildman–Crippen LogP) is 2.86. The van der Waals surface area contributed by atoms with Gasteiger partial charge in [0.05, 0.1) is 7.85 Å². The number of nitrogens with zero attached hydrogens (tertiary/aromatic N) is 1. The third-order valence-corrected chi connectivity index (χ3v) is 3.50. The largest absolute Gasteiger partial charge is 0.298 e. The maximum Gasteiger partial charge on any atom is 0.0742 e. The SMILES string of the molecule is [B]C(C)(C)C1CCN(C(C)(C)C)CC1. The van der Waals surface area contributed by atoms with Crippen molar-refractivity contribution in [1.82, 2.24) is 4.90 Å². The lowest BCUT2D eigenvalue weighted by Gasteiger charge is -2.44. The summed E-state index contributed by atoms with van der Waals surface area (Å²) in [4.78, 5) is 2.56. The van der Waals surface area contributed by atoms with E-state index in [2.05, 4.69) is 39.5 Å². The molecule has 0 aromatic carbocycles. The summed E-state index contributed by atoms with van der Waals surface area (Å²) < 4.78 is 0. The van der Waals surface area contributed by atoms with Crippen LogP contribution in [0.3, 0.4) is 0 Å². The van der Waals surface area contributed by atoms with Gasteiger partial charge in [-0.2, -0.15) is 0 Å². The molecule has 1 nitrogen and oxygen atoms in total. The molecular weight excluding hydrogens is 169 g/mol. The van der Waals surface area contributed by atoms with Crippen LogP contribution in [0, 0.1) is 5.92 Å². The topological polar surface area (TPSA) is 3.24 Å². The van der Waals surface area contributed by atoms with Crippen molar-refractivity contribution in [3.8, 4) is 0 Å². The third-order valence-electron chi connectivity index (χ3n) is 3.50. The summed E-state index contributed by atoms with van der Waals surface area (Å²) in [6.45, 7) is 13.6. The highest BCUT2D eigenvalue weighted by atomic mass is 15.2. The predicted molar refractivity (Wildman–Crippen MR) is 63.8 cm³/mol. The highest BCUT2D eigenvalue weighted by molar-refractivity contribution is 6.14. The molecule has 1 aliphatic heterocycles. The van der Waals surface area contributed by atoms with E-state index in [0.717, 1.165) is 0 Å². The van der Waals surface area contributed by atoms with E-state index in [1.54, 1.807) is 0 Å². The first-order chi connectivity index (χ1) is 6.21. The molecule has 1 rings (SSSR count). The second-order valence-corrected chi connectivity index (χ2v) is 6.25. The average molecular weight is 193 g/mol. The van der Waals surface area contributed by atoms with Gasteiger partial charge in [-0.1, -0.05) is 19.2 Å². The summed E-state index contributed by atoms with van der Waals surface area (Å²) in [5.41, 5.74) is 0.323. The van der Waals surface area contributed by atoms with Crippen LogP contribution in [-0.4, -0.2) is 31.4 Å². The summed E-state index contributed by atoms with van der Waals surface area (Å²) in [5, 5.41) is 0.00394. The lowest BCUT2D eigenvalue weighted by Crippen LogP contribution is -2.47. The van der Waals surface area contributed by atoms with Gasteiger partial charge in [-0.15, -0.1) is 0 Å². The van der Waals surface area contributed by atoms with Gasteiger partial charge in [0.15, 0.2) is 0 Å². The molecule has 0 bridgehead atoms. The summed E-state index contributed by atoms with van der Waals surface area (Å²) in [6, 6.07) is 0. The van der Waals surface area contributed by atoms with Gasteiger partial charge >= 0.3 is 0 Å². The molecule has 80 valence electrons. The Bertz CT molecular complexity index is 157. The quantitative estimate of drug-likeness (QED) is 0.579. The molecule has 0 spiro atoms. The van der Waals surface area contributed by atoms with E-state index in [-0.39, 0.29) is 5.31 Å². The minimum absolute atomic E-state index is 0.00394. The van der Waals surface area contributed by atoms with Gasteiger partial charge in [-0.05, 0) is 52.6 Å². The van der Waals surface area contributed by atoms with Crippen molar-refractivity contribution >= 4 is 7.85 Å². The van der Waals surface area contributed by atoms with Gasteiger partial charge < -0.3 is 0 Å². The Morgan fingerprint density at radius 3 is 1.71 bits per heavy atom. The molecule has 1 fully saturated rings. The van der Waals surface area contributed by atoms with Gasteiger partial charge in [0.2, 0.25) is 0 Å². The maximum atomic E-state index is 6.15. The van der Waals surface area contributed by atoms with Crippen LogP contribution in [-0.2, 0) is 0 Å². The Labute approximate surface area is 90.7 Å². The normalized spacial score (nSPS) is 22.6. The van der Waals surface area contributed by atoms with Crippen LogP contribution >= 0.6 is 0 Å². The Kier molecular flexibility index (Phi) is 3.35. The Hall–Kier alpha value is 0.0249. The molecule has 0 aromatic rings. The molecule has 1 heterocycles. The van der Waals surface area contributed by atoms with Gasteiger partial charge in [0.1, 0.15) is 0 Å². The van der Waals surface area contributed by atoms with E-state index in [1.807, 2.05) is 0 Å². The van der Waals surface area contributed by atoms with Crippen LogP contribution in [0.5, 0.6) is 0 Å². The summed E-state index contributed by atoms with van der Waals surface area (Å²) in [6.07, 6.45) is 2.50. The van der Waals surface area contributed by atoms with Crippen LogP contribution < -0.4 is 0 Å². The van der Waals surface area contributed by atoms with Crippen LogP contribution in [0.25, 0.3) is 0 Å². The Balaban J connectivity index is 2.47. The molecular formula is C12H24BN. The second kappa shape index (κ2) is 3.88. The van der Waals surface area contributed by atoms with E-state index >= 15 is 0 Å². The standard InChI is InChI=1S/C12H24BN/c1-11(2,3)14-8-6-10(7-9-14)12(4,5)13/h10H,6-9H2,1-5H3. The zero-order valence-corrected chi connectivity index (χ0v) is 10.4. The number of rotatable bonds is 1. The smallest absolute Gasteiger partial charge is 0.0742 e. The lowest BCUT2D eigenvalue weighted by atomic mass is 9.60. The molecule has 0 aromatic heterocycles. The molecule has 2 radical (unpaired) electrons. The molecule has 0 amide bonds. The Morgan fingerprint density at radius 1 is 1.00 bits per heavy atom. The third kappa shape index (κ3) is 3.01. The van der Waals surface area contributed by atoms with Gasteiger partial charge in [-0.3, -0.25) is 4.90 Å². The van der Waals surface area contributed by atoms with E-state index in [1.165, 1.54) is 25.9 Å². The number of likely N-dealkylation sites (tertiary alicyclic amines) is 1. The van der Waals surface area contributed by atoms with Gasteiger partial charge in [0, 0.05) is 5.54 Å². The zero-order chi connectivity index (χ0) is 11.0. The lowest BCUT2D eigenvalue weighted by molar-refractivity contribution is 0.0781. The molecule has 1 saturated heterocycles. The molecule has 0 saturated carbocycles. The van der Waals surface area contributed by atoms with Crippen molar-refractivity contribution in [2.75, 3.05) is 13.1 Å². The minimum Gasteiger partial charge on any atom is -0.298 e. The van der Waals surface area contributed by atoms with Crippen LogP contribution in [0.2, 0.25) is 5.31 Å². The molecule has 0 unspecified atom stereocenters. The van der Waals surface area contributed by atoms with Crippen LogP contribution in [0.15, 0.2) is 0 Å². The molecule has 0 atom stereocenters. The van der Waals surface area contributed by atoms with E-state index in [4.69, 9.17) is 7.85 Å². The first kappa shape index (κ1) is 12.1.